The Morgan fingerprint density at radius 1 is 1.28 bits per heavy atom. The van der Waals surface area contributed by atoms with Crippen LogP contribution in [0.2, 0.25) is 0 Å². The molecule has 0 spiro atoms. The maximum Gasteiger partial charge on any atom is 0.330 e. The third-order valence-corrected chi connectivity index (χ3v) is 4.92. The van der Waals surface area contributed by atoms with Crippen molar-refractivity contribution in [2.45, 2.75) is 33.7 Å². The molecule has 10 nitrogen and oxygen atoms in total. The molecule has 4 N–H and O–H groups in total. The van der Waals surface area contributed by atoms with Gasteiger partial charge in [0.1, 0.15) is 17.3 Å². The number of nitrogens with two attached hydrogens (primary N) is 1. The fourth-order valence-electron chi connectivity index (χ4n) is 3.27. The maximum absolute atomic E-state index is 12.7. The van der Waals surface area contributed by atoms with E-state index in [-0.39, 0.29) is 36.3 Å². The van der Waals surface area contributed by atoms with E-state index >= 15 is 0 Å². The van der Waals surface area contributed by atoms with Crippen molar-refractivity contribution in [3.8, 4) is 0 Å². The number of nitrogens with zero attached hydrogens (tertiary/aromatic N) is 3. The molecule has 32 heavy (non-hydrogen) atoms. The largest absolute Gasteiger partial charge is 0.383 e. The van der Waals surface area contributed by atoms with Crippen LogP contribution in [0.25, 0.3) is 0 Å². The maximum atomic E-state index is 12.7. The summed E-state index contributed by atoms with van der Waals surface area (Å²) >= 11 is 0. The number of aromatic nitrogens is 3. The zero-order valence-electron chi connectivity index (χ0n) is 18.4. The standard InChI is InChI=1S/C22H28N6O4/c1-14(2)9-10-27(13-18(29)24-17-11-15(3)32-26-17)19-20(23)28(22(31)25-21(19)30)12-16-7-5-4-6-8-16/h4-8,11,14H,9-10,12-13,23H2,1-3H3,(H,24,26,29)(H,25,30,31). The van der Waals surface area contributed by atoms with Crippen molar-refractivity contribution in [2.24, 2.45) is 5.92 Å². The Bertz CT molecular complexity index is 1180. The Kier molecular flexibility index (Phi) is 7.14. The lowest BCUT2D eigenvalue weighted by Crippen LogP contribution is -2.42. The van der Waals surface area contributed by atoms with Crippen LogP contribution in [0.5, 0.6) is 0 Å². The topological polar surface area (TPSA) is 139 Å². The van der Waals surface area contributed by atoms with Crippen molar-refractivity contribution >= 4 is 23.2 Å². The first-order valence-corrected chi connectivity index (χ1v) is 10.4. The van der Waals surface area contributed by atoms with Crippen LogP contribution in [-0.4, -0.2) is 33.7 Å². The zero-order chi connectivity index (χ0) is 23.3. The molecule has 2 heterocycles. The lowest BCUT2D eigenvalue weighted by Gasteiger charge is -2.26. The Balaban J connectivity index is 1.93. The van der Waals surface area contributed by atoms with Gasteiger partial charge in [-0.25, -0.2) is 4.79 Å². The van der Waals surface area contributed by atoms with Gasteiger partial charge in [-0.15, -0.1) is 0 Å². The molecular weight excluding hydrogens is 412 g/mol. The van der Waals surface area contributed by atoms with Crippen LogP contribution in [0.4, 0.5) is 17.3 Å². The fraction of sp³-hybridized carbons (Fsp3) is 0.364. The molecule has 170 valence electrons. The van der Waals surface area contributed by atoms with Gasteiger partial charge in [0, 0.05) is 12.6 Å². The molecule has 0 fully saturated rings. The molecule has 0 radical (unpaired) electrons. The molecule has 0 aliphatic heterocycles. The number of carbonyl (C=O) groups is 1. The van der Waals surface area contributed by atoms with Crippen LogP contribution in [0.15, 0.2) is 50.5 Å². The van der Waals surface area contributed by atoms with E-state index in [1.165, 1.54) is 4.57 Å². The number of H-pyrrole nitrogens is 1. The molecular formula is C22H28N6O4. The summed E-state index contributed by atoms with van der Waals surface area (Å²) in [6.45, 7) is 6.25. The van der Waals surface area contributed by atoms with E-state index < -0.39 is 11.2 Å². The Morgan fingerprint density at radius 2 is 2.00 bits per heavy atom. The highest BCUT2D eigenvalue weighted by atomic mass is 16.5. The van der Waals surface area contributed by atoms with Crippen LogP contribution in [0.1, 0.15) is 31.6 Å². The number of aryl methyl sites for hydroxylation is 1. The number of rotatable bonds is 9. The Labute approximate surface area is 185 Å². The lowest BCUT2D eigenvalue weighted by atomic mass is 10.1. The first kappa shape index (κ1) is 22.9. The van der Waals surface area contributed by atoms with Gasteiger partial charge in [-0.3, -0.25) is 19.1 Å². The molecule has 0 aliphatic carbocycles. The molecule has 2 aromatic heterocycles. The number of benzene rings is 1. The summed E-state index contributed by atoms with van der Waals surface area (Å²) in [4.78, 5) is 41.8. The average molecular weight is 441 g/mol. The van der Waals surface area contributed by atoms with E-state index in [0.717, 1.165) is 5.56 Å². The highest BCUT2D eigenvalue weighted by Crippen LogP contribution is 2.19. The molecule has 0 saturated carbocycles. The number of amides is 1. The van der Waals surface area contributed by atoms with Crippen LogP contribution in [-0.2, 0) is 11.3 Å². The first-order chi connectivity index (χ1) is 15.2. The highest BCUT2D eigenvalue weighted by molar-refractivity contribution is 5.93. The molecule has 0 saturated heterocycles. The van der Waals surface area contributed by atoms with Gasteiger partial charge in [0.25, 0.3) is 5.56 Å². The van der Waals surface area contributed by atoms with Gasteiger partial charge < -0.3 is 20.5 Å². The normalized spacial score (nSPS) is 11.0. The van der Waals surface area contributed by atoms with E-state index in [0.29, 0.717) is 24.6 Å². The van der Waals surface area contributed by atoms with E-state index in [4.69, 9.17) is 10.3 Å². The number of hydrogen-bond acceptors (Lipinski definition) is 7. The smallest absolute Gasteiger partial charge is 0.330 e. The van der Waals surface area contributed by atoms with Crippen LogP contribution >= 0.6 is 0 Å². The van der Waals surface area contributed by atoms with E-state index in [1.807, 2.05) is 44.2 Å². The predicted molar refractivity (Wildman–Crippen MR) is 123 cm³/mol. The van der Waals surface area contributed by atoms with Gasteiger partial charge in [-0.05, 0) is 24.8 Å². The number of nitrogen functional groups attached to an aromatic ring is 1. The molecule has 0 unspecified atom stereocenters. The van der Waals surface area contributed by atoms with Crippen molar-refractivity contribution in [3.05, 3.63) is 68.6 Å². The number of hydrogen-bond donors (Lipinski definition) is 3. The number of aromatic amines is 1. The third-order valence-electron chi connectivity index (χ3n) is 4.92. The van der Waals surface area contributed by atoms with Gasteiger partial charge in [0.15, 0.2) is 5.82 Å². The molecule has 3 rings (SSSR count). The molecule has 3 aromatic rings. The summed E-state index contributed by atoms with van der Waals surface area (Å²) in [5.41, 5.74) is 6.02. The van der Waals surface area contributed by atoms with Gasteiger partial charge >= 0.3 is 5.69 Å². The van der Waals surface area contributed by atoms with E-state index in [9.17, 15) is 14.4 Å². The van der Waals surface area contributed by atoms with Crippen molar-refractivity contribution in [1.29, 1.82) is 0 Å². The highest BCUT2D eigenvalue weighted by Gasteiger charge is 2.22. The van der Waals surface area contributed by atoms with Crippen molar-refractivity contribution < 1.29 is 9.32 Å². The molecule has 0 bridgehead atoms. The second-order valence-corrected chi connectivity index (χ2v) is 8.04. The van der Waals surface area contributed by atoms with Gasteiger partial charge in [-0.1, -0.05) is 49.3 Å². The predicted octanol–water partition coefficient (Wildman–Crippen LogP) is 1.95. The lowest BCUT2D eigenvalue weighted by molar-refractivity contribution is -0.115. The van der Waals surface area contributed by atoms with Gasteiger partial charge in [0.05, 0.1) is 13.1 Å². The number of carbonyl (C=O) groups excluding carboxylic acids is 1. The molecule has 0 atom stereocenters. The van der Waals surface area contributed by atoms with E-state index in [2.05, 4.69) is 15.5 Å². The second-order valence-electron chi connectivity index (χ2n) is 8.04. The summed E-state index contributed by atoms with van der Waals surface area (Å²) in [5.74, 6) is 0.797. The third kappa shape index (κ3) is 5.65. The van der Waals surface area contributed by atoms with E-state index in [1.54, 1.807) is 17.9 Å². The molecule has 0 aliphatic rings. The van der Waals surface area contributed by atoms with Crippen molar-refractivity contribution in [1.82, 2.24) is 14.7 Å². The van der Waals surface area contributed by atoms with Crippen molar-refractivity contribution in [2.75, 3.05) is 29.0 Å². The van der Waals surface area contributed by atoms with Gasteiger partial charge in [0.2, 0.25) is 5.91 Å². The minimum absolute atomic E-state index is 0.0106. The summed E-state index contributed by atoms with van der Waals surface area (Å²) < 4.78 is 6.27. The van der Waals surface area contributed by atoms with Crippen molar-refractivity contribution in [3.63, 3.8) is 0 Å². The fourth-order valence-corrected chi connectivity index (χ4v) is 3.27. The second kappa shape index (κ2) is 9.99. The average Bonchev–Trinajstić information content (AvgIpc) is 3.14. The summed E-state index contributed by atoms with van der Waals surface area (Å²) in [7, 11) is 0. The Morgan fingerprint density at radius 3 is 2.62 bits per heavy atom. The number of nitrogens with one attached hydrogen (secondary N) is 2. The SMILES string of the molecule is Cc1cc(NC(=O)CN(CCC(C)C)c2c(N)n(Cc3ccccc3)c(=O)[nH]c2=O)no1. The minimum atomic E-state index is -0.634. The summed E-state index contributed by atoms with van der Waals surface area (Å²) in [6.07, 6.45) is 0.715. The molecule has 10 heteroatoms. The van der Waals surface area contributed by atoms with Crippen LogP contribution < -0.4 is 27.2 Å². The quantitative estimate of drug-likeness (QED) is 0.462. The van der Waals surface area contributed by atoms with Gasteiger partial charge in [-0.2, -0.15) is 0 Å². The first-order valence-electron chi connectivity index (χ1n) is 10.4. The van der Waals surface area contributed by atoms with Crippen LogP contribution in [0.3, 0.4) is 0 Å². The Hall–Kier alpha value is -3.82. The van der Waals surface area contributed by atoms with Crippen LogP contribution in [0, 0.1) is 12.8 Å². The summed E-state index contributed by atoms with van der Waals surface area (Å²) in [5, 5.41) is 6.40. The summed E-state index contributed by atoms with van der Waals surface area (Å²) in [6, 6.07) is 10.9. The minimum Gasteiger partial charge on any atom is -0.383 e. The monoisotopic (exact) mass is 440 g/mol. The molecule has 1 aromatic carbocycles. The zero-order valence-corrected chi connectivity index (χ0v) is 18.4. The molecule has 1 amide bonds. The number of anilines is 3.